The van der Waals surface area contributed by atoms with Crippen molar-refractivity contribution in [1.82, 2.24) is 15.0 Å². The molecule has 2 aromatic rings. The lowest BCUT2D eigenvalue weighted by molar-refractivity contribution is 0.457. The molecule has 0 aromatic carbocycles. The highest BCUT2D eigenvalue weighted by Gasteiger charge is 2.06. The van der Waals surface area contributed by atoms with Crippen LogP contribution in [0, 0.1) is 0 Å². The first-order valence-corrected chi connectivity index (χ1v) is 3.52. The number of hydrogen-bond acceptors (Lipinski definition) is 3. The first-order chi connectivity index (χ1) is 5.66. The maximum atomic E-state index is 10.8. The number of aromatic amines is 2. The summed E-state index contributed by atoms with van der Waals surface area (Å²) >= 11 is 5.51. The molecule has 0 bridgehead atoms. The van der Waals surface area contributed by atoms with Crippen molar-refractivity contribution in [3.8, 4) is 5.88 Å². The number of nitrogens with one attached hydrogen (secondary N) is 2. The van der Waals surface area contributed by atoms with E-state index in [2.05, 4.69) is 15.0 Å². The van der Waals surface area contributed by atoms with Crippen LogP contribution in [-0.2, 0) is 0 Å². The zero-order valence-corrected chi connectivity index (χ0v) is 6.51. The van der Waals surface area contributed by atoms with E-state index in [1.165, 1.54) is 6.07 Å². The van der Waals surface area contributed by atoms with Crippen LogP contribution in [0.4, 0.5) is 0 Å². The molecule has 2 aromatic heterocycles. The monoisotopic (exact) mass is 185 g/mol. The first-order valence-electron chi connectivity index (χ1n) is 3.14. The molecule has 0 saturated heterocycles. The van der Waals surface area contributed by atoms with E-state index in [0.717, 1.165) is 0 Å². The Morgan fingerprint density at radius 2 is 2.25 bits per heavy atom. The summed E-state index contributed by atoms with van der Waals surface area (Å²) in [7, 11) is 0. The molecule has 0 atom stereocenters. The van der Waals surface area contributed by atoms with Gasteiger partial charge in [-0.05, 0) is 11.6 Å². The number of nitrogens with zero attached hydrogens (tertiary/aromatic N) is 1. The summed E-state index contributed by atoms with van der Waals surface area (Å²) in [6.45, 7) is 0. The Balaban J connectivity index is 2.97. The Morgan fingerprint density at radius 3 is 3.00 bits per heavy atom. The van der Waals surface area contributed by atoms with Crippen molar-refractivity contribution in [3.63, 3.8) is 0 Å². The summed E-state index contributed by atoms with van der Waals surface area (Å²) in [6.07, 6.45) is 0. The number of aromatic nitrogens is 3. The second kappa shape index (κ2) is 2.25. The minimum atomic E-state index is -0.402. The summed E-state index contributed by atoms with van der Waals surface area (Å²) < 4.78 is 0. The Kier molecular flexibility index (Phi) is 1.34. The van der Waals surface area contributed by atoms with Gasteiger partial charge in [0.1, 0.15) is 5.52 Å². The van der Waals surface area contributed by atoms with Crippen LogP contribution in [0.25, 0.3) is 11.0 Å². The Bertz CT molecular complexity index is 487. The molecule has 0 fully saturated rings. The lowest BCUT2D eigenvalue weighted by Crippen LogP contribution is -2.02. The molecular weight excluding hydrogens is 182 g/mol. The predicted molar refractivity (Wildman–Crippen MR) is 43.4 cm³/mol. The molecule has 0 unspecified atom stereocenters. The van der Waals surface area contributed by atoms with E-state index in [1.807, 2.05) is 0 Å². The molecule has 0 aliphatic rings. The fraction of sp³-hybridized carbons (Fsp3) is 0. The quantitative estimate of drug-likeness (QED) is 0.563. The molecule has 0 saturated carbocycles. The van der Waals surface area contributed by atoms with Gasteiger partial charge in [0.15, 0.2) is 0 Å². The third-order valence-electron chi connectivity index (χ3n) is 1.44. The summed E-state index contributed by atoms with van der Waals surface area (Å²) in [4.78, 5) is 19.4. The van der Waals surface area contributed by atoms with Gasteiger partial charge in [-0.15, -0.1) is 0 Å². The van der Waals surface area contributed by atoms with Gasteiger partial charge in [0.05, 0.1) is 5.52 Å². The summed E-state index contributed by atoms with van der Waals surface area (Å²) in [6, 6.07) is 1.27. The van der Waals surface area contributed by atoms with E-state index in [-0.39, 0.29) is 16.7 Å². The second-order valence-corrected chi connectivity index (χ2v) is 2.63. The molecular formula is C6H4ClN3O2. The number of H-pyrrole nitrogens is 2. The summed E-state index contributed by atoms with van der Waals surface area (Å²) in [5, 5.41) is 9.31. The van der Waals surface area contributed by atoms with E-state index >= 15 is 0 Å². The van der Waals surface area contributed by atoms with Gasteiger partial charge in [-0.25, -0.2) is 4.98 Å². The molecule has 3 N–H and O–H groups in total. The third kappa shape index (κ3) is 0.947. The standard InChI is InChI=1S/C6H4ClN3O2/c7-6-8-2-1-3(11)9-5(12)4(2)10-6/h1H,(H,8,10)(H2,9,11,12). The van der Waals surface area contributed by atoms with Crippen LogP contribution in [0.1, 0.15) is 0 Å². The molecule has 2 heterocycles. The van der Waals surface area contributed by atoms with Gasteiger partial charge in [-0.1, -0.05) is 0 Å². The largest absolute Gasteiger partial charge is 0.493 e. The van der Waals surface area contributed by atoms with Crippen molar-refractivity contribution in [1.29, 1.82) is 0 Å². The van der Waals surface area contributed by atoms with Crippen molar-refractivity contribution >= 4 is 22.6 Å². The molecule has 2 rings (SSSR count). The molecule has 6 heteroatoms. The van der Waals surface area contributed by atoms with Crippen LogP contribution in [0.15, 0.2) is 10.9 Å². The van der Waals surface area contributed by atoms with E-state index in [0.29, 0.717) is 5.52 Å². The van der Waals surface area contributed by atoms with E-state index in [9.17, 15) is 4.79 Å². The van der Waals surface area contributed by atoms with Crippen molar-refractivity contribution in [2.45, 2.75) is 0 Å². The molecule has 0 aliphatic heterocycles. The number of pyridine rings is 1. The first kappa shape index (κ1) is 7.17. The highest BCUT2D eigenvalue weighted by atomic mass is 35.5. The van der Waals surface area contributed by atoms with Gasteiger partial charge in [-0.2, -0.15) is 0 Å². The average molecular weight is 186 g/mol. The van der Waals surface area contributed by atoms with Crippen molar-refractivity contribution < 1.29 is 5.11 Å². The van der Waals surface area contributed by atoms with E-state index in [1.54, 1.807) is 0 Å². The Labute approximate surface area is 71.0 Å². The summed E-state index contributed by atoms with van der Waals surface area (Å²) in [5.41, 5.74) is 0.279. The number of aromatic hydroxyl groups is 1. The van der Waals surface area contributed by atoms with Crippen molar-refractivity contribution in [2.75, 3.05) is 0 Å². The lowest BCUT2D eigenvalue weighted by Gasteiger charge is -1.89. The van der Waals surface area contributed by atoms with Crippen LogP contribution in [0.3, 0.4) is 0 Å². The molecule has 5 nitrogen and oxygen atoms in total. The number of fused-ring (bicyclic) bond motifs is 1. The van der Waals surface area contributed by atoms with Gasteiger partial charge in [0.2, 0.25) is 11.2 Å². The lowest BCUT2D eigenvalue weighted by atomic mass is 10.4. The molecule has 0 spiro atoms. The van der Waals surface area contributed by atoms with Gasteiger partial charge in [-0.3, -0.25) is 9.78 Å². The number of halogens is 1. The third-order valence-corrected chi connectivity index (χ3v) is 1.62. The van der Waals surface area contributed by atoms with Crippen LogP contribution in [-0.4, -0.2) is 20.1 Å². The highest BCUT2D eigenvalue weighted by Crippen LogP contribution is 2.18. The minimum Gasteiger partial charge on any atom is -0.493 e. The zero-order chi connectivity index (χ0) is 8.72. The highest BCUT2D eigenvalue weighted by molar-refractivity contribution is 6.29. The smallest absolute Gasteiger partial charge is 0.252 e. The van der Waals surface area contributed by atoms with Gasteiger partial charge in [0, 0.05) is 6.07 Å². The van der Waals surface area contributed by atoms with Crippen LogP contribution < -0.4 is 5.56 Å². The molecule has 0 amide bonds. The number of hydrogen-bond donors (Lipinski definition) is 3. The van der Waals surface area contributed by atoms with E-state index < -0.39 is 5.56 Å². The number of imidazole rings is 1. The minimum absolute atomic E-state index is 0.138. The van der Waals surface area contributed by atoms with Gasteiger partial charge in [0.25, 0.3) is 5.56 Å². The second-order valence-electron chi connectivity index (χ2n) is 2.27. The van der Waals surface area contributed by atoms with E-state index in [4.69, 9.17) is 16.7 Å². The topological polar surface area (TPSA) is 81.8 Å². The molecule has 12 heavy (non-hydrogen) atoms. The van der Waals surface area contributed by atoms with Crippen LogP contribution in [0.2, 0.25) is 5.28 Å². The molecule has 0 aliphatic carbocycles. The normalized spacial score (nSPS) is 10.8. The van der Waals surface area contributed by atoms with Crippen LogP contribution in [0.5, 0.6) is 5.88 Å². The Morgan fingerprint density at radius 1 is 1.50 bits per heavy atom. The number of rotatable bonds is 0. The molecule has 62 valence electrons. The van der Waals surface area contributed by atoms with Gasteiger partial charge >= 0.3 is 0 Å². The van der Waals surface area contributed by atoms with Gasteiger partial charge < -0.3 is 10.1 Å². The van der Waals surface area contributed by atoms with Crippen LogP contribution >= 0.6 is 11.6 Å². The zero-order valence-electron chi connectivity index (χ0n) is 5.76. The summed E-state index contributed by atoms with van der Waals surface area (Å²) in [5.74, 6) is -0.277. The maximum absolute atomic E-state index is 10.8. The maximum Gasteiger partial charge on any atom is 0.252 e. The van der Waals surface area contributed by atoms with Crippen molar-refractivity contribution in [3.05, 3.63) is 21.7 Å². The fourth-order valence-electron chi connectivity index (χ4n) is 0.985. The average Bonchev–Trinajstić information content (AvgIpc) is 2.29. The predicted octanol–water partition coefficient (Wildman–Crippen LogP) is 0.610. The SMILES string of the molecule is O=c1cc2[nH]c(Cl)nc2c(O)[nH]1. The fourth-order valence-corrected chi connectivity index (χ4v) is 1.17. The molecule has 0 radical (unpaired) electrons. The van der Waals surface area contributed by atoms with Crippen molar-refractivity contribution in [2.24, 2.45) is 0 Å². The Hall–Kier alpha value is -1.49.